The molecule has 3 aromatic heterocycles. The lowest BCUT2D eigenvalue weighted by Gasteiger charge is -2.06. The topological polar surface area (TPSA) is 74.5 Å². The van der Waals surface area contributed by atoms with E-state index in [4.69, 9.17) is 5.73 Å². The fourth-order valence-corrected chi connectivity index (χ4v) is 3.83. The van der Waals surface area contributed by atoms with Crippen molar-refractivity contribution >= 4 is 37.7 Å². The highest BCUT2D eigenvalue weighted by atomic mass is 32.1. The number of nitrogens with zero attached hydrogens (tertiary/aromatic N) is 5. The van der Waals surface area contributed by atoms with Crippen LogP contribution in [0.5, 0.6) is 0 Å². The summed E-state index contributed by atoms with van der Waals surface area (Å²) >= 11 is 1.52. The first-order valence-electron chi connectivity index (χ1n) is 7.84. The molecule has 0 amide bonds. The molecule has 0 fully saturated rings. The Kier molecular flexibility index (Phi) is 3.07. The Bertz CT molecular complexity index is 1190. The van der Waals surface area contributed by atoms with E-state index in [2.05, 4.69) is 49.9 Å². The minimum Gasteiger partial charge on any atom is -0.375 e. The molecule has 2 N–H and O–H groups in total. The molecule has 5 rings (SSSR count). The first kappa shape index (κ1) is 14.2. The van der Waals surface area contributed by atoms with Gasteiger partial charge in [0.15, 0.2) is 5.13 Å². The molecule has 0 unspecified atom stereocenters. The molecule has 7 heteroatoms. The van der Waals surface area contributed by atoms with E-state index in [9.17, 15) is 0 Å². The first-order valence-corrected chi connectivity index (χ1v) is 8.66. The van der Waals surface area contributed by atoms with Crippen LogP contribution in [0.3, 0.4) is 0 Å². The molecule has 0 spiro atoms. The van der Waals surface area contributed by atoms with Gasteiger partial charge < -0.3 is 14.9 Å². The van der Waals surface area contributed by atoms with E-state index >= 15 is 0 Å². The maximum Gasteiger partial charge on any atom is 0.181 e. The van der Waals surface area contributed by atoms with Crippen LogP contribution in [0.1, 0.15) is 5.56 Å². The third-order valence-corrected chi connectivity index (χ3v) is 5.08. The second kappa shape index (κ2) is 5.42. The molecule has 122 valence electrons. The number of nitrogens with two attached hydrogens (primary N) is 1. The number of nitrogen functional groups attached to an aromatic ring is 1. The van der Waals surface area contributed by atoms with Crippen LogP contribution >= 0.6 is 11.3 Å². The number of aromatic nitrogens is 5. The summed E-state index contributed by atoms with van der Waals surface area (Å²) in [6.07, 6.45) is 7.36. The molecular weight excluding hydrogens is 332 g/mol. The zero-order valence-corrected chi connectivity index (χ0v) is 14.0. The minimum atomic E-state index is 0.604. The highest BCUT2D eigenvalue weighted by Crippen LogP contribution is 2.25. The predicted octanol–water partition coefficient (Wildman–Crippen LogP) is 3.46. The van der Waals surface area contributed by atoms with Gasteiger partial charge in [-0.2, -0.15) is 0 Å². The van der Waals surface area contributed by atoms with Crippen molar-refractivity contribution in [1.29, 1.82) is 0 Å². The second-order valence-electron chi connectivity index (χ2n) is 5.87. The molecule has 0 radical (unpaired) electrons. The van der Waals surface area contributed by atoms with Crippen molar-refractivity contribution in [2.45, 2.75) is 6.54 Å². The van der Waals surface area contributed by atoms with Crippen molar-refractivity contribution in [3.05, 3.63) is 67.0 Å². The van der Waals surface area contributed by atoms with Crippen molar-refractivity contribution in [3.8, 4) is 5.69 Å². The number of hydrogen-bond acceptors (Lipinski definition) is 5. The molecule has 3 heterocycles. The standard InChI is InChI=1S/C18H14N6S/c19-18-22-14-3-1-12(7-17(14)25-18)9-24-11-21-15-8-13(2-4-16(15)24)23-6-5-20-10-23/h1-8,10-11H,9H2,(H2,19,22). The summed E-state index contributed by atoms with van der Waals surface area (Å²) in [5.74, 6) is 0. The van der Waals surface area contributed by atoms with E-state index in [1.807, 2.05) is 23.2 Å². The highest BCUT2D eigenvalue weighted by Gasteiger charge is 2.07. The first-order chi connectivity index (χ1) is 12.3. The molecule has 2 aromatic carbocycles. The summed E-state index contributed by atoms with van der Waals surface area (Å²) in [5.41, 5.74) is 11.1. The van der Waals surface area contributed by atoms with Crippen LogP contribution in [0.25, 0.3) is 26.9 Å². The van der Waals surface area contributed by atoms with Crippen LogP contribution in [-0.2, 0) is 6.54 Å². The van der Waals surface area contributed by atoms with Crippen molar-refractivity contribution in [2.75, 3.05) is 5.73 Å². The summed E-state index contributed by atoms with van der Waals surface area (Å²) < 4.78 is 5.24. The minimum absolute atomic E-state index is 0.604. The van der Waals surface area contributed by atoms with E-state index < -0.39 is 0 Å². The molecule has 0 aliphatic heterocycles. The maximum atomic E-state index is 5.79. The van der Waals surface area contributed by atoms with Gasteiger partial charge in [0.1, 0.15) is 0 Å². The van der Waals surface area contributed by atoms with Crippen molar-refractivity contribution in [2.24, 2.45) is 0 Å². The van der Waals surface area contributed by atoms with E-state index in [1.165, 1.54) is 16.9 Å². The molecule has 0 aliphatic carbocycles. The number of imidazole rings is 2. The Balaban J connectivity index is 1.51. The number of anilines is 1. The Hall–Kier alpha value is -3.19. The van der Waals surface area contributed by atoms with Gasteiger partial charge in [-0.1, -0.05) is 17.4 Å². The van der Waals surface area contributed by atoms with Crippen LogP contribution in [0.2, 0.25) is 0 Å². The molecule has 5 aromatic rings. The van der Waals surface area contributed by atoms with E-state index in [1.54, 1.807) is 12.5 Å². The van der Waals surface area contributed by atoms with Crippen molar-refractivity contribution in [3.63, 3.8) is 0 Å². The Morgan fingerprint density at radius 1 is 1.04 bits per heavy atom. The lowest BCUT2D eigenvalue weighted by Crippen LogP contribution is -1.98. The Labute approximate surface area is 147 Å². The van der Waals surface area contributed by atoms with Crippen LogP contribution < -0.4 is 5.73 Å². The van der Waals surface area contributed by atoms with Gasteiger partial charge in [-0.25, -0.2) is 15.0 Å². The molecule has 0 atom stereocenters. The van der Waals surface area contributed by atoms with Gasteiger partial charge in [0.05, 0.1) is 33.9 Å². The van der Waals surface area contributed by atoms with Gasteiger partial charge in [0.2, 0.25) is 0 Å². The Morgan fingerprint density at radius 2 is 2.00 bits per heavy atom. The summed E-state index contributed by atoms with van der Waals surface area (Å²) in [6.45, 7) is 0.759. The zero-order valence-electron chi connectivity index (χ0n) is 13.2. The van der Waals surface area contributed by atoms with Gasteiger partial charge in [0.25, 0.3) is 0 Å². The van der Waals surface area contributed by atoms with Gasteiger partial charge in [-0.05, 0) is 35.9 Å². The summed E-state index contributed by atoms with van der Waals surface area (Å²) in [7, 11) is 0. The summed E-state index contributed by atoms with van der Waals surface area (Å²) in [4.78, 5) is 12.9. The average Bonchev–Trinajstić information content (AvgIpc) is 3.33. The lowest BCUT2D eigenvalue weighted by atomic mass is 10.2. The quantitative estimate of drug-likeness (QED) is 0.543. The fourth-order valence-electron chi connectivity index (χ4n) is 3.03. The number of rotatable bonds is 3. The molecule has 6 nitrogen and oxygen atoms in total. The molecule has 0 saturated heterocycles. The molecular formula is C18H14N6S. The van der Waals surface area contributed by atoms with Crippen LogP contribution in [0, 0.1) is 0 Å². The number of hydrogen-bond donors (Lipinski definition) is 1. The van der Waals surface area contributed by atoms with E-state index in [0.717, 1.165) is 33.5 Å². The van der Waals surface area contributed by atoms with Crippen LogP contribution in [0.4, 0.5) is 5.13 Å². The van der Waals surface area contributed by atoms with Crippen molar-refractivity contribution in [1.82, 2.24) is 24.1 Å². The predicted molar refractivity (Wildman–Crippen MR) is 100.0 cm³/mol. The smallest absolute Gasteiger partial charge is 0.181 e. The summed E-state index contributed by atoms with van der Waals surface area (Å²) in [6, 6.07) is 12.5. The van der Waals surface area contributed by atoms with E-state index in [0.29, 0.717) is 5.13 Å². The van der Waals surface area contributed by atoms with Crippen LogP contribution in [-0.4, -0.2) is 24.1 Å². The second-order valence-corrected chi connectivity index (χ2v) is 6.93. The third kappa shape index (κ3) is 2.45. The summed E-state index contributed by atoms with van der Waals surface area (Å²) in [5, 5.41) is 0.604. The van der Waals surface area contributed by atoms with Gasteiger partial charge in [-0.3, -0.25) is 0 Å². The monoisotopic (exact) mass is 346 g/mol. The van der Waals surface area contributed by atoms with Crippen molar-refractivity contribution < 1.29 is 0 Å². The average molecular weight is 346 g/mol. The number of fused-ring (bicyclic) bond motifs is 2. The van der Waals surface area contributed by atoms with Crippen LogP contribution in [0.15, 0.2) is 61.4 Å². The number of thiazole rings is 1. The highest BCUT2D eigenvalue weighted by molar-refractivity contribution is 7.22. The zero-order chi connectivity index (χ0) is 16.8. The SMILES string of the molecule is Nc1nc2ccc(Cn3cnc4cc(-n5ccnc5)ccc43)cc2s1. The Morgan fingerprint density at radius 3 is 2.88 bits per heavy atom. The number of benzene rings is 2. The molecule has 0 bridgehead atoms. The molecule has 0 saturated carbocycles. The molecule has 0 aliphatic rings. The van der Waals surface area contributed by atoms with Gasteiger partial charge in [-0.15, -0.1) is 0 Å². The van der Waals surface area contributed by atoms with Gasteiger partial charge >= 0.3 is 0 Å². The molecule has 25 heavy (non-hydrogen) atoms. The maximum absolute atomic E-state index is 5.79. The third-order valence-electron chi connectivity index (χ3n) is 4.23. The van der Waals surface area contributed by atoms with Gasteiger partial charge in [0, 0.05) is 24.6 Å². The largest absolute Gasteiger partial charge is 0.375 e. The lowest BCUT2D eigenvalue weighted by molar-refractivity contribution is 0.826. The van der Waals surface area contributed by atoms with E-state index in [-0.39, 0.29) is 0 Å². The normalized spacial score (nSPS) is 11.5. The fraction of sp³-hybridized carbons (Fsp3) is 0.0556.